The number of benzene rings is 10. The first-order valence-electron chi connectivity index (χ1n) is 25.1. The third kappa shape index (κ3) is 11.5. The summed E-state index contributed by atoms with van der Waals surface area (Å²) in [6, 6.07) is 101. The number of aryl methyl sites for hydroxylation is 2. The fourth-order valence-corrected chi connectivity index (χ4v) is 9.82. The normalized spacial score (nSPS) is 10.7. The Labute approximate surface area is 455 Å². The van der Waals surface area contributed by atoms with Crippen molar-refractivity contribution in [2.45, 2.75) is 13.8 Å². The van der Waals surface area contributed by atoms with Crippen molar-refractivity contribution in [3.05, 3.63) is 303 Å². The SMILES string of the molecule is Cc1cccc(C)c1-c1cc(-c2cccc(-c3cccc(-c4ccccc4)c3)c2)ccc1-c1cc[c-]c(-c2ccccn2)c1.[Ir].[c-]1ccc(-c2cccc(-c3cccc(-c4ccccc4)c3)c2)cc1-c1ccccn1. The van der Waals surface area contributed by atoms with E-state index in [9.17, 15) is 0 Å². The standard InChI is InChI=1S/C43H32N.C29H20N.Ir/c1-30-12-8-13-31(2)43(30)41-29-37(23-24-40(41)38-20-11-21-39(28-38)42-22-6-7-25-44-42)36-19-10-18-35(27-36)34-17-9-16-33(26-34)32-14-4-3-5-15-32;1-2-9-22(10-3-1)23-11-6-12-24(19-23)25-13-7-14-26(20-25)27-15-8-16-28(21-27)29-17-4-5-18-30-29;/h3-20,22-29H,1-2H3;1-15,17-21H;/q2*-1;. The minimum Gasteiger partial charge on any atom is -0.305 e. The maximum atomic E-state index is 4.57. The summed E-state index contributed by atoms with van der Waals surface area (Å²) < 4.78 is 0. The summed E-state index contributed by atoms with van der Waals surface area (Å²) in [5, 5.41) is 0. The molecule has 0 aliphatic heterocycles. The third-order valence-corrected chi connectivity index (χ3v) is 13.6. The summed E-state index contributed by atoms with van der Waals surface area (Å²) in [7, 11) is 0. The van der Waals surface area contributed by atoms with Gasteiger partial charge in [-0.15, -0.1) is 70.8 Å². The van der Waals surface area contributed by atoms with Crippen molar-refractivity contribution in [3.63, 3.8) is 0 Å². The first-order chi connectivity index (χ1) is 36.5. The van der Waals surface area contributed by atoms with E-state index >= 15 is 0 Å². The zero-order valence-corrected chi connectivity index (χ0v) is 44.2. The maximum Gasteiger partial charge on any atom is 0.0160 e. The minimum absolute atomic E-state index is 0. The van der Waals surface area contributed by atoms with Crippen LogP contribution in [0.1, 0.15) is 11.1 Å². The second kappa shape index (κ2) is 23.4. The molecule has 0 saturated heterocycles. The minimum atomic E-state index is 0. The molecule has 0 spiro atoms. The molecule has 0 bridgehead atoms. The fourth-order valence-electron chi connectivity index (χ4n) is 9.82. The van der Waals surface area contributed by atoms with Crippen molar-refractivity contribution in [2.75, 3.05) is 0 Å². The van der Waals surface area contributed by atoms with Crippen molar-refractivity contribution in [1.29, 1.82) is 0 Å². The Morgan fingerprint density at radius 3 is 1.04 bits per heavy atom. The molecule has 0 unspecified atom stereocenters. The Morgan fingerprint density at radius 2 is 0.613 bits per heavy atom. The fraction of sp³-hybridized carbons (Fsp3) is 0.0278. The molecule has 361 valence electrons. The topological polar surface area (TPSA) is 25.8 Å². The second-order valence-electron chi connectivity index (χ2n) is 18.5. The van der Waals surface area contributed by atoms with Gasteiger partial charge in [0, 0.05) is 32.5 Å². The van der Waals surface area contributed by atoms with Crippen LogP contribution in [0.4, 0.5) is 0 Å². The molecule has 12 aromatic rings. The predicted molar refractivity (Wildman–Crippen MR) is 310 cm³/mol. The van der Waals surface area contributed by atoms with Gasteiger partial charge in [0.25, 0.3) is 0 Å². The van der Waals surface area contributed by atoms with Crippen LogP contribution in [0.5, 0.6) is 0 Å². The zero-order chi connectivity index (χ0) is 50.1. The van der Waals surface area contributed by atoms with Gasteiger partial charge in [-0.2, -0.15) is 0 Å². The van der Waals surface area contributed by atoms with E-state index in [4.69, 9.17) is 0 Å². The van der Waals surface area contributed by atoms with E-state index in [1.165, 1.54) is 89.0 Å². The van der Waals surface area contributed by atoms with Crippen molar-refractivity contribution in [2.24, 2.45) is 0 Å². The van der Waals surface area contributed by atoms with Gasteiger partial charge in [-0.3, -0.25) is 0 Å². The van der Waals surface area contributed by atoms with E-state index in [0.717, 1.165) is 33.6 Å². The molecule has 0 saturated carbocycles. The molecule has 0 aliphatic carbocycles. The molecule has 2 nitrogen and oxygen atoms in total. The van der Waals surface area contributed by atoms with Gasteiger partial charge in [-0.1, -0.05) is 188 Å². The van der Waals surface area contributed by atoms with Crippen LogP contribution in [0.3, 0.4) is 0 Å². The van der Waals surface area contributed by atoms with Gasteiger partial charge in [-0.25, -0.2) is 0 Å². The molecule has 0 amide bonds. The number of hydrogen-bond acceptors (Lipinski definition) is 2. The van der Waals surface area contributed by atoms with Gasteiger partial charge in [0.15, 0.2) is 0 Å². The summed E-state index contributed by atoms with van der Waals surface area (Å²) in [5.41, 5.74) is 25.7. The van der Waals surface area contributed by atoms with Crippen molar-refractivity contribution < 1.29 is 20.1 Å². The molecule has 0 atom stereocenters. The molecular weight excluding hydrogens is 1090 g/mol. The molecule has 3 heteroatoms. The van der Waals surface area contributed by atoms with E-state index in [1.54, 1.807) is 0 Å². The second-order valence-corrected chi connectivity index (χ2v) is 18.5. The van der Waals surface area contributed by atoms with Crippen LogP contribution in [-0.4, -0.2) is 9.97 Å². The van der Waals surface area contributed by atoms with Gasteiger partial charge in [0.05, 0.1) is 0 Å². The van der Waals surface area contributed by atoms with Crippen LogP contribution < -0.4 is 0 Å². The van der Waals surface area contributed by atoms with Crippen LogP contribution in [0, 0.1) is 26.0 Å². The molecule has 0 aliphatic rings. The van der Waals surface area contributed by atoms with Crippen molar-refractivity contribution in [3.8, 4) is 112 Å². The summed E-state index contributed by atoms with van der Waals surface area (Å²) in [4.78, 5) is 9.03. The first-order valence-corrected chi connectivity index (χ1v) is 25.1. The Morgan fingerprint density at radius 1 is 0.267 bits per heavy atom. The summed E-state index contributed by atoms with van der Waals surface area (Å²) in [6.07, 6.45) is 3.65. The van der Waals surface area contributed by atoms with E-state index in [2.05, 4.69) is 248 Å². The zero-order valence-electron chi connectivity index (χ0n) is 41.8. The number of rotatable bonds is 10. The van der Waals surface area contributed by atoms with Crippen LogP contribution in [0.15, 0.2) is 279 Å². The van der Waals surface area contributed by atoms with E-state index in [1.807, 2.05) is 67.0 Å². The van der Waals surface area contributed by atoms with Gasteiger partial charge in [0.2, 0.25) is 0 Å². The molecule has 2 aromatic heterocycles. The average Bonchev–Trinajstić information content (AvgIpc) is 3.48. The molecule has 0 fully saturated rings. The van der Waals surface area contributed by atoms with Gasteiger partial charge >= 0.3 is 0 Å². The van der Waals surface area contributed by atoms with E-state index in [0.29, 0.717) is 0 Å². The maximum absolute atomic E-state index is 4.57. The average molecular weight is 1140 g/mol. The van der Waals surface area contributed by atoms with E-state index in [-0.39, 0.29) is 20.1 Å². The molecule has 12 rings (SSSR count). The van der Waals surface area contributed by atoms with Crippen LogP contribution in [-0.2, 0) is 20.1 Å². The number of nitrogens with zero attached hydrogens (tertiary/aromatic N) is 2. The quantitative estimate of drug-likeness (QED) is 0.128. The van der Waals surface area contributed by atoms with Crippen molar-refractivity contribution in [1.82, 2.24) is 9.97 Å². The van der Waals surface area contributed by atoms with Crippen LogP contribution in [0.25, 0.3) is 112 Å². The van der Waals surface area contributed by atoms with E-state index < -0.39 is 0 Å². The van der Waals surface area contributed by atoms with Gasteiger partial charge in [0.1, 0.15) is 0 Å². The predicted octanol–water partition coefficient (Wildman–Crippen LogP) is 19.0. The number of pyridine rings is 2. The number of hydrogen-bond donors (Lipinski definition) is 0. The summed E-state index contributed by atoms with van der Waals surface area (Å²) >= 11 is 0. The third-order valence-electron chi connectivity index (χ3n) is 13.6. The largest absolute Gasteiger partial charge is 0.305 e. The summed E-state index contributed by atoms with van der Waals surface area (Å²) in [6.45, 7) is 4.41. The first kappa shape index (κ1) is 49.7. The Balaban J connectivity index is 0.000000181. The molecular formula is C72H52IrN2-2. The summed E-state index contributed by atoms with van der Waals surface area (Å²) in [5.74, 6) is 0. The van der Waals surface area contributed by atoms with Gasteiger partial charge in [-0.05, 0) is 157 Å². The Kier molecular flexibility index (Phi) is 15.5. The van der Waals surface area contributed by atoms with Crippen molar-refractivity contribution >= 4 is 0 Å². The van der Waals surface area contributed by atoms with Crippen LogP contribution in [0.2, 0.25) is 0 Å². The Hall–Kier alpha value is -8.85. The monoisotopic (exact) mass is 1140 g/mol. The Bertz CT molecular complexity index is 3730. The number of aromatic nitrogens is 2. The van der Waals surface area contributed by atoms with Gasteiger partial charge < -0.3 is 9.97 Å². The molecule has 1 radical (unpaired) electrons. The molecule has 10 aromatic carbocycles. The molecule has 75 heavy (non-hydrogen) atoms. The smallest absolute Gasteiger partial charge is 0.0160 e. The molecule has 2 heterocycles. The molecule has 0 N–H and O–H groups in total. The van der Waals surface area contributed by atoms with Crippen LogP contribution >= 0.6 is 0 Å².